The third-order valence-corrected chi connectivity index (χ3v) is 16.2. The van der Waals surface area contributed by atoms with Gasteiger partial charge in [0.1, 0.15) is 54.1 Å². The molecule has 1 fully saturated rings. The standard InChI is InChI=1S/C64H73N15O13/c1-34(80)56(78-60(87)48(72-55(83)28-65)23-35-16-18-40(81)19-17-35)62(89)75-50(25-37-30-69-45-13-6-3-10-42(37)45)58(85)73-47(20-21-54(66)82)57(84)74-49(24-36-29-68-44-12-5-2-9-41(36)44)59(86)76-51(27-39-32-67-33-71-39)63(90)79-22-8-15-53(79)61(88)77-52(64(91)92)26-38-31-70-46-14-7-4-11-43(38)46/h2-7,9-14,16-19,29-34,47-53,56,68-70,80-81H,8,15,20-28,65H2,1H3,(H2,66,82)(H,67,71)(H,72,83)(H,73,85)(H,74,84)(H,75,89)(H,76,86)(H,77,88)(H,78,87)(H,91,92)/t34-,47+,48-,49+,50+,51+,52+,53+,56+/m1/s1. The molecule has 5 heterocycles. The van der Waals surface area contributed by atoms with Crippen molar-refractivity contribution >= 4 is 91.8 Å². The molecule has 0 bridgehead atoms. The lowest BCUT2D eigenvalue weighted by Crippen LogP contribution is -2.62. The Balaban J connectivity index is 0.974. The molecular formula is C64H73N15O13. The van der Waals surface area contributed by atoms with E-state index < -0.39 is 133 Å². The summed E-state index contributed by atoms with van der Waals surface area (Å²) >= 11 is 0. The summed E-state index contributed by atoms with van der Waals surface area (Å²) in [6.45, 7) is 0.785. The highest BCUT2D eigenvalue weighted by Gasteiger charge is 2.41. The topological polar surface area (TPSA) is 447 Å². The molecule has 0 aliphatic carbocycles. The van der Waals surface area contributed by atoms with Crippen LogP contribution >= 0.6 is 0 Å². The average molecular weight is 1260 g/mol. The molecule has 0 unspecified atom stereocenters. The van der Waals surface area contributed by atoms with Crippen molar-refractivity contribution in [3.63, 3.8) is 0 Å². The molecule has 92 heavy (non-hydrogen) atoms. The van der Waals surface area contributed by atoms with Crippen LogP contribution in [0.5, 0.6) is 5.75 Å². The molecule has 482 valence electrons. The number of imidazole rings is 1. The number of rotatable bonds is 30. The van der Waals surface area contributed by atoms with Crippen LogP contribution in [-0.2, 0) is 80.0 Å². The smallest absolute Gasteiger partial charge is 0.326 e. The molecule has 28 heteroatoms. The van der Waals surface area contributed by atoms with E-state index in [1.807, 2.05) is 24.3 Å². The zero-order valence-electron chi connectivity index (χ0n) is 50.1. The zero-order valence-corrected chi connectivity index (χ0v) is 50.1. The largest absolute Gasteiger partial charge is 0.508 e. The van der Waals surface area contributed by atoms with E-state index in [9.17, 15) is 53.7 Å². The number of fused-ring (bicyclic) bond motifs is 3. The number of aromatic hydroxyl groups is 1. The summed E-state index contributed by atoms with van der Waals surface area (Å²) in [6, 6.07) is 15.4. The first-order chi connectivity index (χ1) is 44.2. The Hall–Kier alpha value is -10.9. The Labute approximate surface area is 525 Å². The van der Waals surface area contributed by atoms with Gasteiger partial charge >= 0.3 is 5.97 Å². The molecule has 18 N–H and O–H groups in total. The van der Waals surface area contributed by atoms with Gasteiger partial charge in [0, 0.05) is 108 Å². The number of benzene rings is 4. The first-order valence-corrected chi connectivity index (χ1v) is 29.9. The van der Waals surface area contributed by atoms with E-state index in [1.54, 1.807) is 67.1 Å². The summed E-state index contributed by atoms with van der Waals surface area (Å²) in [7, 11) is 0. The number of aromatic amines is 4. The van der Waals surface area contributed by atoms with Crippen LogP contribution in [-0.4, -0.2) is 172 Å². The Morgan fingerprint density at radius 2 is 1.08 bits per heavy atom. The third kappa shape index (κ3) is 16.5. The SMILES string of the molecule is C[C@@H](O)[C@H](NC(=O)[C@@H](Cc1ccc(O)cc1)NC(=O)CN)C(=O)N[C@@H](Cc1c[nH]c2ccccc12)C(=O)N[C@@H](CCC(N)=O)C(=O)N[C@@H](Cc1c[nH]c2ccccc12)C(=O)N[C@@H](Cc1cnc[nH]1)C(=O)N1CCC[C@H]1C(=O)N[C@@H](Cc1c[nH]c2ccccc12)C(=O)O. The van der Waals surface area contributed by atoms with E-state index in [4.69, 9.17) is 11.5 Å². The van der Waals surface area contributed by atoms with Crippen molar-refractivity contribution in [2.75, 3.05) is 13.1 Å². The Morgan fingerprint density at radius 3 is 1.59 bits per heavy atom. The fourth-order valence-electron chi connectivity index (χ4n) is 11.4. The third-order valence-electron chi connectivity index (χ3n) is 16.2. The second-order valence-electron chi connectivity index (χ2n) is 22.7. The summed E-state index contributed by atoms with van der Waals surface area (Å²) in [5.41, 5.74) is 15.9. The highest BCUT2D eigenvalue weighted by atomic mass is 16.4. The van der Waals surface area contributed by atoms with E-state index >= 15 is 9.59 Å². The van der Waals surface area contributed by atoms with Crippen molar-refractivity contribution < 1.29 is 63.3 Å². The molecule has 1 aliphatic rings. The first-order valence-electron chi connectivity index (χ1n) is 29.9. The number of nitrogens with zero attached hydrogens (tertiary/aromatic N) is 2. The van der Waals surface area contributed by atoms with Crippen molar-refractivity contribution in [2.24, 2.45) is 11.5 Å². The highest BCUT2D eigenvalue weighted by molar-refractivity contribution is 5.99. The summed E-state index contributed by atoms with van der Waals surface area (Å²) < 4.78 is 0. The van der Waals surface area contributed by atoms with Gasteiger partial charge in [-0.25, -0.2) is 9.78 Å². The quantitative estimate of drug-likeness (QED) is 0.0285. The number of H-pyrrole nitrogens is 4. The lowest BCUT2D eigenvalue weighted by molar-refractivity contribution is -0.145. The number of carboxylic acid groups (broad SMARTS) is 1. The molecule has 9 atom stereocenters. The van der Waals surface area contributed by atoms with Crippen LogP contribution in [0, 0.1) is 0 Å². The fourth-order valence-corrected chi connectivity index (χ4v) is 11.4. The molecule has 4 aromatic carbocycles. The molecular weight excluding hydrogens is 1190 g/mol. The van der Waals surface area contributed by atoms with Gasteiger partial charge in [0.25, 0.3) is 0 Å². The van der Waals surface area contributed by atoms with Crippen LogP contribution in [0.4, 0.5) is 0 Å². The normalized spacial score (nSPS) is 15.6. The number of nitrogens with two attached hydrogens (primary N) is 2. The summed E-state index contributed by atoms with van der Waals surface area (Å²) in [6.07, 6.45) is 4.87. The Morgan fingerprint density at radius 1 is 0.587 bits per heavy atom. The number of aliphatic carboxylic acids is 1. The molecule has 9 rings (SSSR count). The van der Waals surface area contributed by atoms with Gasteiger partial charge in [0.05, 0.1) is 19.0 Å². The number of nitrogens with one attached hydrogen (secondary N) is 11. The molecule has 1 aliphatic heterocycles. The van der Waals surface area contributed by atoms with Gasteiger partial charge in [-0.2, -0.15) is 0 Å². The van der Waals surface area contributed by atoms with Crippen molar-refractivity contribution in [2.45, 2.75) is 119 Å². The number of hydrogen-bond acceptors (Lipinski definition) is 14. The number of carbonyl (C=O) groups excluding carboxylic acids is 9. The first kappa shape index (κ1) is 65.6. The summed E-state index contributed by atoms with van der Waals surface area (Å²) in [5.74, 6) is -9.23. The number of aromatic nitrogens is 5. The number of aliphatic hydroxyl groups is 1. The van der Waals surface area contributed by atoms with Crippen LogP contribution in [0.2, 0.25) is 0 Å². The van der Waals surface area contributed by atoms with Gasteiger partial charge in [-0.15, -0.1) is 0 Å². The van der Waals surface area contributed by atoms with Gasteiger partial charge in [0.15, 0.2) is 0 Å². The molecule has 28 nitrogen and oxygen atoms in total. The van der Waals surface area contributed by atoms with E-state index in [0.29, 0.717) is 56.2 Å². The number of aliphatic hydroxyl groups excluding tert-OH is 1. The molecule has 4 aromatic heterocycles. The highest BCUT2D eigenvalue weighted by Crippen LogP contribution is 2.25. The maximum absolute atomic E-state index is 15.1. The van der Waals surface area contributed by atoms with Crippen LogP contribution in [0.1, 0.15) is 60.6 Å². The summed E-state index contributed by atoms with van der Waals surface area (Å²) in [4.78, 5) is 158. The van der Waals surface area contributed by atoms with E-state index in [1.165, 1.54) is 48.6 Å². The number of likely N-dealkylation sites (tertiary alicyclic amines) is 1. The van der Waals surface area contributed by atoms with Crippen molar-refractivity contribution in [1.82, 2.24) is 67.0 Å². The van der Waals surface area contributed by atoms with Gasteiger partial charge in [-0.05, 0) is 78.8 Å². The molecule has 9 amide bonds. The zero-order chi connectivity index (χ0) is 65.6. The average Bonchev–Trinajstić information content (AvgIpc) is 1.76. The monoisotopic (exact) mass is 1260 g/mol. The molecule has 0 saturated carbocycles. The second-order valence-corrected chi connectivity index (χ2v) is 22.7. The van der Waals surface area contributed by atoms with Gasteiger partial charge in [0.2, 0.25) is 53.2 Å². The number of carboxylic acids is 1. The number of amides is 9. The van der Waals surface area contributed by atoms with Crippen LogP contribution in [0.15, 0.2) is 128 Å². The maximum atomic E-state index is 15.1. The minimum Gasteiger partial charge on any atom is -0.508 e. The number of phenolic OH excluding ortho intramolecular Hbond substituents is 1. The second kappa shape index (κ2) is 30.1. The lowest BCUT2D eigenvalue weighted by atomic mass is 10.0. The Bertz CT molecular complexity index is 3970. The van der Waals surface area contributed by atoms with Crippen LogP contribution in [0.25, 0.3) is 32.7 Å². The number of hydrogen-bond donors (Lipinski definition) is 16. The number of phenols is 1. The minimum atomic E-state index is -1.76. The van der Waals surface area contributed by atoms with Crippen molar-refractivity contribution in [3.8, 4) is 5.75 Å². The number of primary amides is 1. The van der Waals surface area contributed by atoms with Crippen molar-refractivity contribution in [3.05, 3.63) is 156 Å². The maximum Gasteiger partial charge on any atom is 0.326 e. The van der Waals surface area contributed by atoms with Gasteiger partial charge in [-0.3, -0.25) is 43.2 Å². The van der Waals surface area contributed by atoms with E-state index in [0.717, 1.165) is 10.9 Å². The predicted molar refractivity (Wildman–Crippen MR) is 335 cm³/mol. The Kier molecular flexibility index (Phi) is 21.4. The lowest BCUT2D eigenvalue weighted by Gasteiger charge is -2.30. The molecule has 0 radical (unpaired) electrons. The molecule has 1 saturated heterocycles. The predicted octanol–water partition coefficient (Wildman–Crippen LogP) is 0.147. The van der Waals surface area contributed by atoms with Crippen LogP contribution < -0.4 is 48.7 Å². The summed E-state index contributed by atoms with van der Waals surface area (Å²) in [5, 5.41) is 51.8. The van der Waals surface area contributed by atoms with Crippen LogP contribution in [0.3, 0.4) is 0 Å². The number of carbonyl (C=O) groups is 10. The number of para-hydroxylation sites is 3. The molecule has 8 aromatic rings. The van der Waals surface area contributed by atoms with Gasteiger partial charge < -0.3 is 88.8 Å². The fraction of sp³-hybridized carbons (Fsp3) is 0.328. The minimum absolute atomic E-state index is 0.0558. The van der Waals surface area contributed by atoms with Gasteiger partial charge in [-0.1, -0.05) is 66.7 Å². The van der Waals surface area contributed by atoms with E-state index in [2.05, 4.69) is 62.1 Å². The van der Waals surface area contributed by atoms with E-state index in [-0.39, 0.29) is 50.8 Å². The molecule has 0 spiro atoms. The van der Waals surface area contributed by atoms with Crippen molar-refractivity contribution in [1.29, 1.82) is 0 Å².